The lowest BCUT2D eigenvalue weighted by molar-refractivity contribution is 0.287. The minimum Gasteiger partial charge on any atom is -0.495 e. The van der Waals surface area contributed by atoms with Gasteiger partial charge < -0.3 is 10.5 Å². The largest absolute Gasteiger partial charge is 0.495 e. The zero-order valence-electron chi connectivity index (χ0n) is 10.3. The molecule has 1 aliphatic carbocycles. The van der Waals surface area contributed by atoms with Crippen molar-refractivity contribution in [2.45, 2.75) is 37.5 Å². The van der Waals surface area contributed by atoms with Crippen molar-refractivity contribution >= 4 is 15.9 Å². The monoisotopic (exact) mass is 297 g/mol. The van der Waals surface area contributed by atoms with Crippen LogP contribution in [0.3, 0.4) is 0 Å². The maximum Gasteiger partial charge on any atom is 0.136 e. The van der Waals surface area contributed by atoms with Gasteiger partial charge in [-0.3, -0.25) is 0 Å². The lowest BCUT2D eigenvalue weighted by atomic mass is 9.69. The number of methoxy groups -OCH3 is 1. The van der Waals surface area contributed by atoms with E-state index in [1.54, 1.807) is 7.11 Å². The standard InChI is InChI=1S/C14H20BrNO/c1-17-13-11(6-5-7-12(13)15)14(10-16)8-3-2-4-9-14/h5-7H,2-4,8-10,16H2,1H3. The van der Waals surface area contributed by atoms with E-state index in [2.05, 4.69) is 28.1 Å². The smallest absolute Gasteiger partial charge is 0.136 e. The molecule has 2 nitrogen and oxygen atoms in total. The number of nitrogens with two attached hydrogens (primary N) is 1. The summed E-state index contributed by atoms with van der Waals surface area (Å²) >= 11 is 3.56. The third kappa shape index (κ3) is 2.36. The first-order valence-electron chi connectivity index (χ1n) is 6.26. The number of halogens is 1. The van der Waals surface area contributed by atoms with Gasteiger partial charge in [-0.25, -0.2) is 0 Å². The molecule has 17 heavy (non-hydrogen) atoms. The van der Waals surface area contributed by atoms with E-state index in [1.165, 1.54) is 37.7 Å². The molecule has 0 heterocycles. The average molecular weight is 298 g/mol. The topological polar surface area (TPSA) is 35.2 Å². The van der Waals surface area contributed by atoms with E-state index in [4.69, 9.17) is 10.5 Å². The third-order valence-electron chi connectivity index (χ3n) is 3.94. The molecule has 94 valence electrons. The Balaban J connectivity index is 2.46. The van der Waals surface area contributed by atoms with Gasteiger partial charge in [0.1, 0.15) is 5.75 Å². The quantitative estimate of drug-likeness (QED) is 0.925. The van der Waals surface area contributed by atoms with Crippen LogP contribution in [0.2, 0.25) is 0 Å². The van der Waals surface area contributed by atoms with Crippen LogP contribution in [-0.2, 0) is 5.41 Å². The summed E-state index contributed by atoms with van der Waals surface area (Å²) < 4.78 is 6.58. The van der Waals surface area contributed by atoms with E-state index in [0.29, 0.717) is 6.54 Å². The van der Waals surface area contributed by atoms with Crippen LogP contribution < -0.4 is 10.5 Å². The minimum atomic E-state index is 0.118. The molecule has 0 spiro atoms. The molecular formula is C14H20BrNO. The summed E-state index contributed by atoms with van der Waals surface area (Å²) in [7, 11) is 1.73. The third-order valence-corrected chi connectivity index (χ3v) is 4.57. The summed E-state index contributed by atoms with van der Waals surface area (Å²) in [5.74, 6) is 0.958. The molecular weight excluding hydrogens is 278 g/mol. The van der Waals surface area contributed by atoms with Crippen LogP contribution in [0.1, 0.15) is 37.7 Å². The Morgan fingerprint density at radius 1 is 1.29 bits per heavy atom. The fourth-order valence-corrected chi connectivity index (χ4v) is 3.47. The highest BCUT2D eigenvalue weighted by Crippen LogP contribution is 2.44. The zero-order valence-corrected chi connectivity index (χ0v) is 11.9. The molecule has 2 rings (SSSR count). The summed E-state index contributed by atoms with van der Waals surface area (Å²) in [4.78, 5) is 0. The molecule has 1 aliphatic rings. The van der Waals surface area contributed by atoms with Crippen molar-refractivity contribution in [2.24, 2.45) is 5.73 Å². The molecule has 0 aromatic heterocycles. The first-order chi connectivity index (χ1) is 8.23. The Morgan fingerprint density at radius 3 is 2.59 bits per heavy atom. The van der Waals surface area contributed by atoms with Gasteiger partial charge in [0, 0.05) is 17.5 Å². The average Bonchev–Trinajstić information content (AvgIpc) is 2.39. The molecule has 1 fully saturated rings. The van der Waals surface area contributed by atoms with E-state index < -0.39 is 0 Å². The van der Waals surface area contributed by atoms with Gasteiger partial charge in [0.05, 0.1) is 11.6 Å². The molecule has 0 radical (unpaired) electrons. The van der Waals surface area contributed by atoms with Gasteiger partial charge in [0.25, 0.3) is 0 Å². The molecule has 0 atom stereocenters. The fourth-order valence-electron chi connectivity index (χ4n) is 2.95. The van der Waals surface area contributed by atoms with Crippen molar-refractivity contribution in [3.8, 4) is 5.75 Å². The van der Waals surface area contributed by atoms with Gasteiger partial charge in [0.2, 0.25) is 0 Å². The Kier molecular flexibility index (Phi) is 4.10. The van der Waals surface area contributed by atoms with Gasteiger partial charge in [0.15, 0.2) is 0 Å². The lowest BCUT2D eigenvalue weighted by Crippen LogP contribution is -2.37. The van der Waals surface area contributed by atoms with Crippen LogP contribution >= 0.6 is 15.9 Å². The van der Waals surface area contributed by atoms with Gasteiger partial charge in [-0.2, -0.15) is 0 Å². The first-order valence-corrected chi connectivity index (χ1v) is 7.06. The minimum absolute atomic E-state index is 0.118. The van der Waals surface area contributed by atoms with Crippen molar-refractivity contribution in [1.82, 2.24) is 0 Å². The molecule has 3 heteroatoms. The molecule has 2 N–H and O–H groups in total. The number of ether oxygens (including phenoxy) is 1. The van der Waals surface area contributed by atoms with E-state index >= 15 is 0 Å². The predicted molar refractivity (Wildman–Crippen MR) is 74.5 cm³/mol. The van der Waals surface area contributed by atoms with Crippen LogP contribution in [0, 0.1) is 0 Å². The number of hydrogen-bond donors (Lipinski definition) is 1. The highest BCUT2D eigenvalue weighted by atomic mass is 79.9. The first kappa shape index (κ1) is 12.9. The Bertz CT molecular complexity index is 386. The van der Waals surface area contributed by atoms with E-state index in [1.807, 2.05) is 6.07 Å². The maximum absolute atomic E-state index is 6.07. The van der Waals surface area contributed by atoms with Crippen LogP contribution in [0.5, 0.6) is 5.75 Å². The molecule has 0 saturated heterocycles. The second-order valence-electron chi connectivity index (χ2n) is 4.87. The highest BCUT2D eigenvalue weighted by Gasteiger charge is 2.35. The van der Waals surface area contributed by atoms with Crippen LogP contribution in [0.15, 0.2) is 22.7 Å². The van der Waals surface area contributed by atoms with Crippen molar-refractivity contribution < 1.29 is 4.74 Å². The number of rotatable bonds is 3. The number of para-hydroxylation sites is 1. The molecule has 0 aliphatic heterocycles. The predicted octanol–water partition coefficient (Wildman–Crippen LogP) is 3.62. The summed E-state index contributed by atoms with van der Waals surface area (Å²) in [5.41, 5.74) is 7.47. The molecule has 0 unspecified atom stereocenters. The molecule has 0 bridgehead atoms. The SMILES string of the molecule is COc1c(Br)cccc1C1(CN)CCCCC1. The van der Waals surface area contributed by atoms with Crippen LogP contribution in [-0.4, -0.2) is 13.7 Å². The second-order valence-corrected chi connectivity index (χ2v) is 5.72. The summed E-state index contributed by atoms with van der Waals surface area (Å²) in [6, 6.07) is 6.27. The van der Waals surface area contributed by atoms with E-state index in [-0.39, 0.29) is 5.41 Å². The Morgan fingerprint density at radius 2 is 2.00 bits per heavy atom. The van der Waals surface area contributed by atoms with Gasteiger partial charge in [-0.1, -0.05) is 31.4 Å². The van der Waals surface area contributed by atoms with Crippen molar-refractivity contribution in [1.29, 1.82) is 0 Å². The highest BCUT2D eigenvalue weighted by molar-refractivity contribution is 9.10. The van der Waals surface area contributed by atoms with Gasteiger partial charge in [-0.15, -0.1) is 0 Å². The molecule has 1 aromatic carbocycles. The molecule has 1 aromatic rings. The van der Waals surface area contributed by atoms with Crippen molar-refractivity contribution in [3.63, 3.8) is 0 Å². The Labute approximate surface area is 112 Å². The summed E-state index contributed by atoms with van der Waals surface area (Å²) in [6.45, 7) is 0.708. The molecule has 0 amide bonds. The summed E-state index contributed by atoms with van der Waals surface area (Å²) in [5, 5.41) is 0. The van der Waals surface area contributed by atoms with E-state index in [0.717, 1.165) is 10.2 Å². The Hall–Kier alpha value is -0.540. The fraction of sp³-hybridized carbons (Fsp3) is 0.571. The van der Waals surface area contributed by atoms with Crippen molar-refractivity contribution in [2.75, 3.05) is 13.7 Å². The van der Waals surface area contributed by atoms with Crippen molar-refractivity contribution in [3.05, 3.63) is 28.2 Å². The normalized spacial score (nSPS) is 19.0. The zero-order chi connectivity index (χ0) is 12.3. The van der Waals surface area contributed by atoms with Crippen LogP contribution in [0.4, 0.5) is 0 Å². The van der Waals surface area contributed by atoms with Crippen LogP contribution in [0.25, 0.3) is 0 Å². The lowest BCUT2D eigenvalue weighted by Gasteiger charge is -2.37. The second kappa shape index (κ2) is 5.40. The van der Waals surface area contributed by atoms with Gasteiger partial charge in [-0.05, 0) is 34.8 Å². The molecule has 1 saturated carbocycles. The van der Waals surface area contributed by atoms with Gasteiger partial charge >= 0.3 is 0 Å². The number of benzene rings is 1. The number of hydrogen-bond acceptors (Lipinski definition) is 2. The van der Waals surface area contributed by atoms with E-state index in [9.17, 15) is 0 Å². The maximum atomic E-state index is 6.07. The summed E-state index contributed by atoms with van der Waals surface area (Å²) in [6.07, 6.45) is 6.23.